The number of carboxylic acids is 1. The Balaban J connectivity index is 1.89. The molecule has 0 aliphatic heterocycles. The first-order valence-corrected chi connectivity index (χ1v) is 9.65. The highest BCUT2D eigenvalue weighted by atomic mass is 32.1. The van der Waals surface area contributed by atoms with Crippen molar-refractivity contribution in [2.75, 3.05) is 7.11 Å². The summed E-state index contributed by atoms with van der Waals surface area (Å²) in [4.78, 5) is 18.7. The van der Waals surface area contributed by atoms with Gasteiger partial charge in [0.2, 0.25) is 0 Å². The lowest BCUT2D eigenvalue weighted by molar-refractivity contribution is -0.136. The number of rotatable bonds is 5. The summed E-state index contributed by atoms with van der Waals surface area (Å²) < 4.78 is 5.25. The van der Waals surface area contributed by atoms with Crippen LogP contribution in [-0.2, 0) is 30.5 Å². The molecule has 0 unspecified atom stereocenters. The van der Waals surface area contributed by atoms with Crippen LogP contribution in [0.15, 0.2) is 24.3 Å². The molecule has 0 spiro atoms. The number of aryl methyl sites for hydroxylation is 3. The van der Waals surface area contributed by atoms with Gasteiger partial charge in [0, 0.05) is 16.0 Å². The zero-order valence-electron chi connectivity index (χ0n) is 15.0. The molecule has 134 valence electrons. The van der Waals surface area contributed by atoms with Crippen LogP contribution in [0.25, 0.3) is 10.2 Å². The molecular weight excluding hydrogens is 346 g/mol. The molecule has 1 N–H and O–H groups in total. The van der Waals surface area contributed by atoms with E-state index in [0.717, 1.165) is 52.2 Å². The molecule has 26 heavy (non-hydrogen) atoms. The Morgan fingerprint density at radius 1 is 1.23 bits per heavy atom. The van der Waals surface area contributed by atoms with Gasteiger partial charge in [-0.05, 0) is 67.0 Å². The molecular formula is C21H21NO3S. The van der Waals surface area contributed by atoms with Crippen molar-refractivity contribution in [1.82, 2.24) is 4.98 Å². The van der Waals surface area contributed by atoms with Crippen molar-refractivity contribution in [3.05, 3.63) is 57.1 Å². The van der Waals surface area contributed by atoms with Gasteiger partial charge in [-0.1, -0.05) is 12.1 Å². The van der Waals surface area contributed by atoms with Crippen molar-refractivity contribution in [3.8, 4) is 5.75 Å². The second kappa shape index (κ2) is 6.72. The summed E-state index contributed by atoms with van der Waals surface area (Å²) in [5, 5.41) is 10.6. The minimum Gasteiger partial charge on any atom is -0.497 e. The van der Waals surface area contributed by atoms with Crippen LogP contribution in [0.2, 0.25) is 0 Å². The largest absolute Gasteiger partial charge is 0.497 e. The molecule has 1 aromatic carbocycles. The fourth-order valence-electron chi connectivity index (χ4n) is 3.90. The van der Waals surface area contributed by atoms with Crippen LogP contribution >= 0.6 is 11.3 Å². The number of fused-ring (bicyclic) bond motifs is 3. The number of hydrogen-bond donors (Lipinski definition) is 1. The van der Waals surface area contributed by atoms with Crippen LogP contribution < -0.4 is 4.74 Å². The number of carboxylic acid groups (broad SMARTS) is 1. The molecule has 4 nitrogen and oxygen atoms in total. The first-order chi connectivity index (χ1) is 12.6. The van der Waals surface area contributed by atoms with Gasteiger partial charge in [0.05, 0.1) is 13.5 Å². The SMILES string of the molecule is COc1ccc(Cc2c(CC(=O)O)c(C)nc3sc4c(c23)CCC4)cc1. The van der Waals surface area contributed by atoms with Crippen molar-refractivity contribution in [3.63, 3.8) is 0 Å². The van der Waals surface area contributed by atoms with E-state index in [1.165, 1.54) is 22.2 Å². The Morgan fingerprint density at radius 2 is 2.00 bits per heavy atom. The number of thiophene rings is 1. The molecule has 1 aliphatic carbocycles. The number of aliphatic carboxylic acids is 1. The fraction of sp³-hybridized carbons (Fsp3) is 0.333. The van der Waals surface area contributed by atoms with Gasteiger partial charge in [0.15, 0.2) is 0 Å². The maximum Gasteiger partial charge on any atom is 0.307 e. The molecule has 2 aromatic heterocycles. The van der Waals surface area contributed by atoms with Crippen molar-refractivity contribution in [2.24, 2.45) is 0 Å². The Kier molecular flexibility index (Phi) is 4.41. The molecule has 5 heteroatoms. The zero-order valence-corrected chi connectivity index (χ0v) is 15.8. The Morgan fingerprint density at radius 3 is 2.69 bits per heavy atom. The van der Waals surface area contributed by atoms with Crippen LogP contribution in [0.3, 0.4) is 0 Å². The predicted octanol–water partition coefficient (Wildman–Crippen LogP) is 4.32. The molecule has 0 saturated carbocycles. The predicted molar refractivity (Wildman–Crippen MR) is 104 cm³/mol. The van der Waals surface area contributed by atoms with Crippen LogP contribution in [0.1, 0.15) is 39.2 Å². The smallest absolute Gasteiger partial charge is 0.307 e. The third-order valence-electron chi connectivity index (χ3n) is 5.14. The zero-order chi connectivity index (χ0) is 18.3. The molecule has 0 saturated heterocycles. The Bertz CT molecular complexity index is 989. The maximum absolute atomic E-state index is 11.5. The molecule has 0 radical (unpaired) electrons. The highest BCUT2D eigenvalue weighted by Gasteiger charge is 2.24. The van der Waals surface area contributed by atoms with Gasteiger partial charge >= 0.3 is 5.97 Å². The first-order valence-electron chi connectivity index (χ1n) is 8.84. The highest BCUT2D eigenvalue weighted by molar-refractivity contribution is 7.18. The van der Waals surface area contributed by atoms with Gasteiger partial charge in [-0.3, -0.25) is 4.79 Å². The summed E-state index contributed by atoms with van der Waals surface area (Å²) >= 11 is 1.78. The third kappa shape index (κ3) is 2.97. The standard InChI is InChI=1S/C21H21NO3S/c1-12-16(11-19(23)24)17(10-13-6-8-14(25-2)9-7-13)20-15-4-3-5-18(15)26-21(20)22-12/h6-9H,3-5,10-11H2,1-2H3,(H,23,24). The highest BCUT2D eigenvalue weighted by Crippen LogP contribution is 2.40. The number of nitrogens with zero attached hydrogens (tertiary/aromatic N) is 1. The summed E-state index contributed by atoms with van der Waals surface area (Å²) in [7, 11) is 1.66. The van der Waals surface area contributed by atoms with E-state index in [2.05, 4.69) is 12.1 Å². The summed E-state index contributed by atoms with van der Waals surface area (Å²) in [6.07, 6.45) is 4.11. The maximum atomic E-state index is 11.5. The van der Waals surface area contributed by atoms with Crippen molar-refractivity contribution < 1.29 is 14.6 Å². The molecule has 3 aromatic rings. The normalized spacial score (nSPS) is 13.2. The van der Waals surface area contributed by atoms with Gasteiger partial charge in [-0.2, -0.15) is 0 Å². The number of aromatic nitrogens is 1. The van der Waals surface area contributed by atoms with Crippen LogP contribution in [0.5, 0.6) is 5.75 Å². The summed E-state index contributed by atoms with van der Waals surface area (Å²) in [5.41, 5.74) is 5.39. The summed E-state index contributed by atoms with van der Waals surface area (Å²) in [5.74, 6) is 0.0177. The average Bonchev–Trinajstić information content (AvgIpc) is 3.19. The van der Waals surface area contributed by atoms with E-state index in [-0.39, 0.29) is 6.42 Å². The monoisotopic (exact) mass is 367 g/mol. The van der Waals surface area contributed by atoms with Crippen LogP contribution in [0.4, 0.5) is 0 Å². The van der Waals surface area contributed by atoms with Gasteiger partial charge < -0.3 is 9.84 Å². The van der Waals surface area contributed by atoms with E-state index < -0.39 is 5.97 Å². The number of methoxy groups -OCH3 is 1. The molecule has 0 fully saturated rings. The lowest BCUT2D eigenvalue weighted by Crippen LogP contribution is -2.09. The van der Waals surface area contributed by atoms with E-state index in [1.807, 2.05) is 19.1 Å². The third-order valence-corrected chi connectivity index (χ3v) is 6.33. The average molecular weight is 367 g/mol. The number of hydrogen-bond acceptors (Lipinski definition) is 4. The minimum absolute atomic E-state index is 0.0187. The van der Waals surface area contributed by atoms with Crippen molar-refractivity contribution >= 4 is 27.5 Å². The van der Waals surface area contributed by atoms with Gasteiger partial charge in [0.25, 0.3) is 0 Å². The van der Waals surface area contributed by atoms with Crippen LogP contribution in [0, 0.1) is 6.92 Å². The van der Waals surface area contributed by atoms with Crippen molar-refractivity contribution in [1.29, 1.82) is 0 Å². The minimum atomic E-state index is -0.808. The number of carbonyl (C=O) groups is 1. The van der Waals surface area contributed by atoms with Gasteiger partial charge in [-0.25, -0.2) is 4.98 Å². The van der Waals surface area contributed by atoms with E-state index in [1.54, 1.807) is 18.4 Å². The second-order valence-electron chi connectivity index (χ2n) is 6.79. The van der Waals surface area contributed by atoms with E-state index in [4.69, 9.17) is 9.72 Å². The number of pyridine rings is 1. The Hall–Kier alpha value is -2.40. The van der Waals surface area contributed by atoms with Gasteiger partial charge in [-0.15, -0.1) is 11.3 Å². The molecule has 0 bridgehead atoms. The lowest BCUT2D eigenvalue weighted by Gasteiger charge is -2.14. The molecule has 4 rings (SSSR count). The first kappa shape index (κ1) is 17.0. The molecule has 0 amide bonds. The Labute approximate surface area is 156 Å². The number of benzene rings is 1. The topological polar surface area (TPSA) is 59.4 Å². The quantitative estimate of drug-likeness (QED) is 0.730. The fourth-order valence-corrected chi connectivity index (χ4v) is 5.24. The van der Waals surface area contributed by atoms with Crippen molar-refractivity contribution in [2.45, 2.75) is 39.0 Å². The van der Waals surface area contributed by atoms with Gasteiger partial charge in [0.1, 0.15) is 10.6 Å². The second-order valence-corrected chi connectivity index (χ2v) is 7.87. The van der Waals surface area contributed by atoms with Crippen LogP contribution in [-0.4, -0.2) is 23.2 Å². The summed E-state index contributed by atoms with van der Waals surface area (Å²) in [6.45, 7) is 1.93. The number of ether oxygens (including phenoxy) is 1. The summed E-state index contributed by atoms with van der Waals surface area (Å²) in [6, 6.07) is 8.01. The molecule has 0 atom stereocenters. The molecule has 2 heterocycles. The van der Waals surface area contributed by atoms with E-state index in [0.29, 0.717) is 0 Å². The van der Waals surface area contributed by atoms with E-state index >= 15 is 0 Å². The lowest BCUT2D eigenvalue weighted by atomic mass is 9.93. The molecule has 1 aliphatic rings. The van der Waals surface area contributed by atoms with E-state index in [9.17, 15) is 9.90 Å².